The van der Waals surface area contributed by atoms with Crippen molar-refractivity contribution in [2.75, 3.05) is 17.2 Å². The fourth-order valence-electron chi connectivity index (χ4n) is 5.36. The average Bonchev–Trinajstić information content (AvgIpc) is 3.73. The maximum absolute atomic E-state index is 13.5. The molecule has 3 atom stereocenters. The number of aromatic hydroxyl groups is 3. The highest BCUT2D eigenvalue weighted by molar-refractivity contribution is 8.03. The van der Waals surface area contributed by atoms with Crippen molar-refractivity contribution in [3.05, 3.63) is 63.2 Å². The number of thioether (sulfide) groups is 2. The van der Waals surface area contributed by atoms with E-state index in [1.165, 1.54) is 40.1 Å². The summed E-state index contributed by atoms with van der Waals surface area (Å²) in [4.78, 5) is 77.4. The lowest BCUT2D eigenvalue weighted by Crippen LogP contribution is -2.71. The van der Waals surface area contributed by atoms with Crippen LogP contribution in [0.2, 0.25) is 0 Å². The molecule has 5 heterocycles. The third-order valence-electron chi connectivity index (χ3n) is 7.77. The fraction of sp³-hybridized carbons (Fsp3) is 0.241. The van der Waals surface area contributed by atoms with Crippen LogP contribution in [-0.2, 0) is 24.0 Å². The molecule has 6 rings (SSSR count). The Labute approximate surface area is 309 Å². The minimum atomic E-state index is -2.00. The molecule has 21 nitrogen and oxygen atoms in total. The Morgan fingerprint density at radius 2 is 1.91 bits per heavy atom. The van der Waals surface area contributed by atoms with Gasteiger partial charge in [-0.2, -0.15) is 5.01 Å². The number of hydrazine groups is 2. The van der Waals surface area contributed by atoms with Gasteiger partial charge in [0.05, 0.1) is 11.2 Å². The smallest absolute Gasteiger partial charge is 0.427 e. The number of nitrogens with zero attached hydrogens (tertiary/aromatic N) is 6. The van der Waals surface area contributed by atoms with Crippen LogP contribution in [-0.4, -0.2) is 115 Å². The largest absolute Gasteiger partial charge is 0.504 e. The van der Waals surface area contributed by atoms with Crippen LogP contribution in [0.1, 0.15) is 30.7 Å². The molecule has 0 aliphatic carbocycles. The van der Waals surface area contributed by atoms with Crippen LogP contribution in [0.25, 0.3) is 0 Å². The van der Waals surface area contributed by atoms with Gasteiger partial charge in [-0.15, -0.1) is 40.4 Å². The highest BCUT2D eigenvalue weighted by Crippen LogP contribution is 2.42. The van der Waals surface area contributed by atoms with Gasteiger partial charge in [0.25, 0.3) is 11.8 Å². The maximum Gasteiger partial charge on any atom is 0.427 e. The van der Waals surface area contributed by atoms with Crippen LogP contribution in [0, 0.1) is 0 Å². The van der Waals surface area contributed by atoms with E-state index in [-0.39, 0.29) is 34.3 Å². The topological polar surface area (TPSA) is 313 Å². The number of nitrogens with two attached hydrogens (primary N) is 1. The molecular weight excluding hydrogens is 763 g/mol. The molecule has 0 bridgehead atoms. The first-order valence-corrected chi connectivity index (χ1v) is 17.9. The Balaban J connectivity index is 1.16. The molecule has 4 aliphatic rings. The van der Waals surface area contributed by atoms with Crippen molar-refractivity contribution >= 4 is 81.3 Å². The summed E-state index contributed by atoms with van der Waals surface area (Å²) in [6, 6.07) is 0.391. The number of oxime groups is 1. The quantitative estimate of drug-likeness (QED) is 0.0629. The number of phenols is 3. The molecule has 4 aliphatic heterocycles. The lowest BCUT2D eigenvalue weighted by molar-refractivity contribution is -0.151. The van der Waals surface area contributed by atoms with Gasteiger partial charge < -0.3 is 46.5 Å². The number of fused-ring (bicyclic) bond motifs is 2. The van der Waals surface area contributed by atoms with Crippen molar-refractivity contribution < 1.29 is 59.4 Å². The van der Waals surface area contributed by atoms with Gasteiger partial charge in [0.2, 0.25) is 6.10 Å². The summed E-state index contributed by atoms with van der Waals surface area (Å²) in [6.45, 7) is 1.74. The number of nitrogen functional groups attached to an aromatic ring is 1. The lowest BCUT2D eigenvalue weighted by Gasteiger charge is -2.49. The summed E-state index contributed by atoms with van der Waals surface area (Å²) in [5, 5.41) is 68.2. The molecular formula is C29H27N9O12S3. The van der Waals surface area contributed by atoms with Crippen molar-refractivity contribution in [3.8, 4) is 17.2 Å². The van der Waals surface area contributed by atoms with E-state index in [0.29, 0.717) is 27.9 Å². The van der Waals surface area contributed by atoms with Crippen LogP contribution >= 0.6 is 34.9 Å². The number of carboxylic acid groups (broad SMARTS) is 3. The molecule has 2 aromatic rings. The van der Waals surface area contributed by atoms with Gasteiger partial charge in [0, 0.05) is 28.2 Å². The number of carbonyl (C=O) groups is 5. The first-order chi connectivity index (χ1) is 25.1. The van der Waals surface area contributed by atoms with Crippen molar-refractivity contribution in [1.82, 2.24) is 30.8 Å². The number of aromatic nitrogens is 1. The van der Waals surface area contributed by atoms with Crippen molar-refractivity contribution in [2.24, 2.45) is 10.1 Å². The molecule has 53 heavy (non-hydrogen) atoms. The lowest BCUT2D eigenvalue weighted by atomic mass is 10.0. The zero-order valence-corrected chi connectivity index (χ0v) is 29.3. The molecule has 0 saturated carbocycles. The van der Waals surface area contributed by atoms with E-state index in [1.807, 2.05) is 0 Å². The van der Waals surface area contributed by atoms with Crippen LogP contribution in [0.15, 0.2) is 62.1 Å². The standard InChI is InChI=1S/C29H27N9O12S3/c1-10-4-17(38-16(31-10)7-36(35-38)29(48)49)51-3-2-11-8-52-25-19(24(43)37(25)20(11)26(44)45)33-23(42)18(13-9-53-28(30)32-13)34-50-22(27(46)47)12-5-14(39)21(41)15(40)6-12/h4-7,9,19,22,25,35,39-41H,2-3,8H2,1H3,(H2,30,32)(H,33,42)(H,44,45)(H,46,47)(H,48,49)/t19-,22?,25-/m1/s1. The second-order valence-electron chi connectivity index (χ2n) is 11.3. The third-order valence-corrected chi connectivity index (χ3v) is 10.8. The second-order valence-corrected chi connectivity index (χ2v) is 14.4. The Morgan fingerprint density at radius 1 is 1.19 bits per heavy atom. The van der Waals surface area contributed by atoms with E-state index in [2.05, 4.69) is 26.0 Å². The van der Waals surface area contributed by atoms with Crippen LogP contribution in [0.5, 0.6) is 17.2 Å². The van der Waals surface area contributed by atoms with Crippen molar-refractivity contribution in [2.45, 2.75) is 30.9 Å². The Hall–Kier alpha value is -5.98. The number of aliphatic imine (C=N–C) groups is 1. The molecule has 0 spiro atoms. The van der Waals surface area contributed by atoms with Crippen LogP contribution < -0.4 is 16.6 Å². The normalized spacial score (nSPS) is 20.1. The number of nitrogens with one attached hydrogen (secondary N) is 2. The molecule has 0 radical (unpaired) electrons. The predicted molar refractivity (Wildman–Crippen MR) is 187 cm³/mol. The number of aliphatic carboxylic acids is 2. The van der Waals surface area contributed by atoms with E-state index >= 15 is 0 Å². The SMILES string of the molecule is CC1=NC2=CN(C(=O)O)NN2C(SCCC2=C(C(=O)O)N3C(=O)[C@@H](NC(=O)C(=NOC(C(=O)O)c4cc(O)c(O)c(O)c4)c4csc(N)n4)[C@H]3SC2)=C1. The average molecular weight is 790 g/mol. The third kappa shape index (κ3) is 7.24. The first kappa shape index (κ1) is 36.8. The minimum absolute atomic E-state index is 0.0122. The van der Waals surface area contributed by atoms with Gasteiger partial charge in [-0.3, -0.25) is 14.5 Å². The Bertz CT molecular complexity index is 2070. The summed E-state index contributed by atoms with van der Waals surface area (Å²) in [7, 11) is 0. The summed E-state index contributed by atoms with van der Waals surface area (Å²) in [5.74, 6) is -6.48. The van der Waals surface area contributed by atoms with Gasteiger partial charge in [-0.25, -0.2) is 29.4 Å². The van der Waals surface area contributed by atoms with Gasteiger partial charge in [-0.05, 0) is 37.1 Å². The van der Waals surface area contributed by atoms with Crippen LogP contribution in [0.3, 0.4) is 0 Å². The number of phenolic OH excluding ortho intramolecular Hbond substituents is 3. The molecule has 278 valence electrons. The van der Waals surface area contributed by atoms with Gasteiger partial charge in [0.1, 0.15) is 22.8 Å². The number of carbonyl (C=O) groups excluding carboxylic acids is 2. The Kier molecular flexibility index (Phi) is 10.1. The van der Waals surface area contributed by atoms with E-state index in [4.69, 9.17) is 10.6 Å². The Morgan fingerprint density at radius 3 is 2.53 bits per heavy atom. The molecule has 1 unspecified atom stereocenters. The fourth-order valence-corrected chi connectivity index (χ4v) is 8.37. The number of hydrogen-bond donors (Lipinski definition) is 9. The predicted octanol–water partition coefficient (Wildman–Crippen LogP) is 1.08. The number of allylic oxidation sites excluding steroid dienone is 1. The molecule has 1 fully saturated rings. The summed E-state index contributed by atoms with van der Waals surface area (Å²) in [6.07, 6.45) is 0.0463. The minimum Gasteiger partial charge on any atom is -0.504 e. The summed E-state index contributed by atoms with van der Waals surface area (Å²) >= 11 is 3.44. The number of β-lactam (4-membered cyclic amide) rings is 1. The van der Waals surface area contributed by atoms with Crippen molar-refractivity contribution in [3.63, 3.8) is 0 Å². The molecule has 24 heteroatoms. The summed E-state index contributed by atoms with van der Waals surface area (Å²) in [5.41, 5.74) is 8.18. The van der Waals surface area contributed by atoms with E-state index in [9.17, 15) is 54.6 Å². The van der Waals surface area contributed by atoms with E-state index in [0.717, 1.165) is 33.4 Å². The highest BCUT2D eigenvalue weighted by atomic mass is 32.2. The number of amides is 3. The zero-order chi connectivity index (χ0) is 38.3. The van der Waals surface area contributed by atoms with Crippen molar-refractivity contribution in [1.29, 1.82) is 0 Å². The van der Waals surface area contributed by atoms with Gasteiger partial charge in [-0.1, -0.05) is 5.16 Å². The number of hydrogen-bond acceptors (Lipinski definition) is 18. The molecule has 10 N–H and O–H groups in total. The molecule has 1 aromatic heterocycles. The van der Waals surface area contributed by atoms with E-state index < -0.39 is 70.3 Å². The second kappa shape index (κ2) is 14.6. The number of anilines is 1. The number of benzene rings is 1. The van der Waals surface area contributed by atoms with Crippen LogP contribution in [0.4, 0.5) is 9.93 Å². The molecule has 1 saturated heterocycles. The summed E-state index contributed by atoms with van der Waals surface area (Å²) < 4.78 is 0. The monoisotopic (exact) mass is 789 g/mol. The number of rotatable bonds is 12. The van der Waals surface area contributed by atoms with E-state index in [1.54, 1.807) is 13.0 Å². The molecule has 1 aromatic carbocycles. The number of carboxylic acids is 2. The first-order valence-electron chi connectivity index (χ1n) is 15.0. The maximum atomic E-state index is 13.5. The number of thiazole rings is 1. The highest BCUT2D eigenvalue weighted by Gasteiger charge is 2.54. The molecule has 3 amide bonds. The van der Waals surface area contributed by atoms with Gasteiger partial charge >= 0.3 is 18.0 Å². The zero-order valence-electron chi connectivity index (χ0n) is 26.9. The van der Waals surface area contributed by atoms with Gasteiger partial charge in [0.15, 0.2) is 33.9 Å².